The number of rotatable bonds is 1. The molecule has 0 aliphatic rings. The maximum atomic E-state index is 5.22. The van der Waals surface area contributed by atoms with E-state index >= 15 is 0 Å². The highest BCUT2D eigenvalue weighted by atomic mass is 16.3. The summed E-state index contributed by atoms with van der Waals surface area (Å²) in [5.74, 6) is 0.697. The fraction of sp³-hybridized carbons (Fsp3) is 0.0714. The molecule has 0 bridgehead atoms. The molecular formula is C14H11NO. The molecule has 0 radical (unpaired) electrons. The molecule has 0 fully saturated rings. The van der Waals surface area contributed by atoms with Gasteiger partial charge in [0, 0.05) is 12.5 Å². The van der Waals surface area contributed by atoms with Crippen LogP contribution in [0.4, 0.5) is 0 Å². The van der Waals surface area contributed by atoms with Crippen LogP contribution in [0, 0.1) is 6.92 Å². The summed E-state index contributed by atoms with van der Waals surface area (Å²) in [6, 6.07) is 14.6. The second-order valence-electron chi connectivity index (χ2n) is 3.81. The quantitative estimate of drug-likeness (QED) is 0.609. The maximum Gasteiger partial charge on any atom is 0.191 e. The Bertz CT molecular complexity index is 640. The largest absolute Gasteiger partial charge is 0.449 e. The highest BCUT2D eigenvalue weighted by Gasteiger charge is 2.03. The summed E-state index contributed by atoms with van der Waals surface area (Å²) in [6.07, 6.45) is 1.69. The Hall–Kier alpha value is -2.09. The van der Waals surface area contributed by atoms with Crippen LogP contribution in [-0.4, -0.2) is 4.98 Å². The van der Waals surface area contributed by atoms with Gasteiger partial charge in [-0.15, -0.1) is 0 Å². The van der Waals surface area contributed by atoms with E-state index in [0.29, 0.717) is 5.89 Å². The van der Waals surface area contributed by atoms with E-state index in [1.165, 1.54) is 10.8 Å². The van der Waals surface area contributed by atoms with Gasteiger partial charge in [-0.25, -0.2) is 4.98 Å². The Morgan fingerprint density at radius 2 is 1.81 bits per heavy atom. The lowest BCUT2D eigenvalue weighted by Crippen LogP contribution is -1.79. The van der Waals surface area contributed by atoms with E-state index in [1.807, 2.05) is 19.1 Å². The van der Waals surface area contributed by atoms with Crippen LogP contribution in [0.15, 0.2) is 53.1 Å². The van der Waals surface area contributed by atoms with E-state index in [9.17, 15) is 0 Å². The minimum Gasteiger partial charge on any atom is -0.449 e. The molecule has 3 rings (SSSR count). The molecule has 2 nitrogen and oxygen atoms in total. The van der Waals surface area contributed by atoms with Crippen molar-refractivity contribution in [2.45, 2.75) is 6.92 Å². The zero-order valence-electron chi connectivity index (χ0n) is 8.97. The fourth-order valence-electron chi connectivity index (χ4n) is 1.84. The van der Waals surface area contributed by atoms with Gasteiger partial charge >= 0.3 is 0 Å². The van der Waals surface area contributed by atoms with Gasteiger partial charge in [0.1, 0.15) is 12.0 Å². The van der Waals surface area contributed by atoms with Gasteiger partial charge < -0.3 is 4.42 Å². The number of hydrogen-bond acceptors (Lipinski definition) is 2. The SMILES string of the molecule is Cc1nc(-c2ccc3ccccc3c2)co1. The van der Waals surface area contributed by atoms with E-state index in [0.717, 1.165) is 11.3 Å². The average molecular weight is 209 g/mol. The molecule has 1 aromatic heterocycles. The van der Waals surface area contributed by atoms with Crippen molar-refractivity contribution < 1.29 is 4.42 Å². The van der Waals surface area contributed by atoms with E-state index in [1.54, 1.807) is 6.26 Å². The molecule has 0 saturated carbocycles. The van der Waals surface area contributed by atoms with Crippen molar-refractivity contribution in [3.63, 3.8) is 0 Å². The first-order valence-electron chi connectivity index (χ1n) is 5.24. The molecule has 0 unspecified atom stereocenters. The average Bonchev–Trinajstić information content (AvgIpc) is 2.75. The molecule has 0 spiro atoms. The van der Waals surface area contributed by atoms with Crippen LogP contribution >= 0.6 is 0 Å². The summed E-state index contributed by atoms with van der Waals surface area (Å²) < 4.78 is 5.22. The summed E-state index contributed by atoms with van der Waals surface area (Å²) in [4.78, 5) is 4.32. The van der Waals surface area contributed by atoms with Gasteiger partial charge in [0.15, 0.2) is 5.89 Å². The highest BCUT2D eigenvalue weighted by Crippen LogP contribution is 2.23. The topological polar surface area (TPSA) is 26.0 Å². The van der Waals surface area contributed by atoms with Gasteiger partial charge in [0.05, 0.1) is 0 Å². The number of fused-ring (bicyclic) bond motifs is 1. The van der Waals surface area contributed by atoms with Gasteiger partial charge in [-0.3, -0.25) is 0 Å². The lowest BCUT2D eigenvalue weighted by Gasteiger charge is -1.99. The Morgan fingerprint density at radius 3 is 2.56 bits per heavy atom. The Balaban J connectivity index is 2.18. The molecule has 1 heterocycles. The monoisotopic (exact) mass is 209 g/mol. The van der Waals surface area contributed by atoms with Gasteiger partial charge in [-0.05, 0) is 16.8 Å². The molecule has 0 amide bonds. The molecule has 0 aliphatic carbocycles. The number of oxazole rings is 1. The summed E-state index contributed by atoms with van der Waals surface area (Å²) in [5.41, 5.74) is 1.99. The lowest BCUT2D eigenvalue weighted by molar-refractivity contribution is 0.521. The van der Waals surface area contributed by atoms with Gasteiger partial charge in [0.2, 0.25) is 0 Å². The second kappa shape index (κ2) is 3.49. The number of aromatic nitrogens is 1. The number of benzene rings is 2. The van der Waals surface area contributed by atoms with Crippen molar-refractivity contribution >= 4 is 10.8 Å². The van der Waals surface area contributed by atoms with E-state index < -0.39 is 0 Å². The normalized spacial score (nSPS) is 10.8. The third-order valence-electron chi connectivity index (χ3n) is 2.66. The van der Waals surface area contributed by atoms with Crippen LogP contribution in [0.1, 0.15) is 5.89 Å². The molecule has 3 aromatic rings. The minimum atomic E-state index is 0.697. The Morgan fingerprint density at radius 1 is 1.00 bits per heavy atom. The number of hydrogen-bond donors (Lipinski definition) is 0. The molecule has 2 aromatic carbocycles. The summed E-state index contributed by atoms with van der Waals surface area (Å²) in [7, 11) is 0. The molecule has 0 N–H and O–H groups in total. The number of aryl methyl sites for hydroxylation is 1. The number of nitrogens with zero attached hydrogens (tertiary/aromatic N) is 1. The Labute approximate surface area is 93.5 Å². The Kier molecular flexibility index (Phi) is 2.00. The summed E-state index contributed by atoms with van der Waals surface area (Å²) >= 11 is 0. The highest BCUT2D eigenvalue weighted by molar-refractivity contribution is 5.86. The molecule has 0 saturated heterocycles. The van der Waals surface area contributed by atoms with Crippen LogP contribution in [0.5, 0.6) is 0 Å². The molecule has 2 heteroatoms. The molecule has 0 aliphatic heterocycles. The predicted octanol–water partition coefficient (Wildman–Crippen LogP) is 3.80. The third-order valence-corrected chi connectivity index (χ3v) is 2.66. The van der Waals surface area contributed by atoms with Crippen molar-refractivity contribution in [3.8, 4) is 11.3 Å². The van der Waals surface area contributed by atoms with Gasteiger partial charge in [-0.1, -0.05) is 36.4 Å². The van der Waals surface area contributed by atoms with Gasteiger partial charge in [0.25, 0.3) is 0 Å². The first-order chi connectivity index (χ1) is 7.83. The van der Waals surface area contributed by atoms with Crippen molar-refractivity contribution in [3.05, 3.63) is 54.6 Å². The van der Waals surface area contributed by atoms with Crippen LogP contribution < -0.4 is 0 Å². The molecule has 16 heavy (non-hydrogen) atoms. The lowest BCUT2D eigenvalue weighted by atomic mass is 10.1. The molecular weight excluding hydrogens is 198 g/mol. The van der Waals surface area contributed by atoms with Crippen molar-refractivity contribution in [1.82, 2.24) is 4.98 Å². The predicted molar refractivity (Wildman–Crippen MR) is 64.2 cm³/mol. The summed E-state index contributed by atoms with van der Waals surface area (Å²) in [5, 5.41) is 2.46. The van der Waals surface area contributed by atoms with Crippen LogP contribution in [0.25, 0.3) is 22.0 Å². The first-order valence-corrected chi connectivity index (χ1v) is 5.24. The second-order valence-corrected chi connectivity index (χ2v) is 3.81. The van der Waals surface area contributed by atoms with Crippen molar-refractivity contribution in [2.75, 3.05) is 0 Å². The fourth-order valence-corrected chi connectivity index (χ4v) is 1.84. The zero-order chi connectivity index (χ0) is 11.0. The first kappa shape index (κ1) is 9.16. The zero-order valence-corrected chi connectivity index (χ0v) is 8.97. The summed E-state index contributed by atoms with van der Waals surface area (Å²) in [6.45, 7) is 1.85. The van der Waals surface area contributed by atoms with Crippen LogP contribution in [0.3, 0.4) is 0 Å². The standard InChI is InChI=1S/C14H11NO/c1-10-15-14(9-16-10)13-7-6-11-4-2-3-5-12(11)8-13/h2-9H,1H3. The maximum absolute atomic E-state index is 5.22. The third kappa shape index (κ3) is 1.48. The minimum absolute atomic E-state index is 0.697. The van der Waals surface area contributed by atoms with Crippen molar-refractivity contribution in [2.24, 2.45) is 0 Å². The van der Waals surface area contributed by atoms with E-state index in [4.69, 9.17) is 4.42 Å². The van der Waals surface area contributed by atoms with Crippen LogP contribution in [0.2, 0.25) is 0 Å². The molecule has 78 valence electrons. The van der Waals surface area contributed by atoms with E-state index in [2.05, 4.69) is 35.3 Å². The van der Waals surface area contributed by atoms with Crippen molar-refractivity contribution in [1.29, 1.82) is 0 Å². The smallest absolute Gasteiger partial charge is 0.191 e. The molecule has 0 atom stereocenters. The van der Waals surface area contributed by atoms with Gasteiger partial charge in [-0.2, -0.15) is 0 Å². The van der Waals surface area contributed by atoms with Crippen LogP contribution in [-0.2, 0) is 0 Å². The van der Waals surface area contributed by atoms with E-state index in [-0.39, 0.29) is 0 Å².